The summed E-state index contributed by atoms with van der Waals surface area (Å²) in [5.74, 6) is 0.885. The average molecular weight is 194 g/mol. The van der Waals surface area contributed by atoms with Crippen LogP contribution in [0.5, 0.6) is 0 Å². The van der Waals surface area contributed by atoms with Crippen molar-refractivity contribution >= 4 is 17.7 Å². The van der Waals surface area contributed by atoms with Gasteiger partial charge < -0.3 is 14.6 Å². The Kier molecular flexibility index (Phi) is 8.64. The number of thioether (sulfide) groups is 1. The third-order valence-corrected chi connectivity index (χ3v) is 1.95. The normalized spacial score (nSPS) is 9.83. The second kappa shape index (κ2) is 8.83. The molecule has 12 heavy (non-hydrogen) atoms. The van der Waals surface area contributed by atoms with E-state index in [1.165, 1.54) is 18.9 Å². The van der Waals surface area contributed by atoms with E-state index in [-0.39, 0.29) is 12.6 Å². The van der Waals surface area contributed by atoms with Crippen molar-refractivity contribution in [2.45, 2.75) is 0 Å². The summed E-state index contributed by atoms with van der Waals surface area (Å²) < 4.78 is 9.41. The Hall–Kier alpha value is -0.260. The van der Waals surface area contributed by atoms with Gasteiger partial charge in [0, 0.05) is 5.75 Å². The van der Waals surface area contributed by atoms with Crippen LogP contribution in [0.2, 0.25) is 0 Å². The average Bonchev–Trinajstić information content (AvgIpc) is 2.10. The maximum atomic E-state index is 10.6. The van der Waals surface area contributed by atoms with Gasteiger partial charge in [-0.3, -0.25) is 4.79 Å². The van der Waals surface area contributed by atoms with Crippen LogP contribution in [0.15, 0.2) is 0 Å². The van der Waals surface area contributed by atoms with Crippen molar-refractivity contribution in [1.29, 1.82) is 0 Å². The summed E-state index contributed by atoms with van der Waals surface area (Å²) in [5.41, 5.74) is 0. The number of ether oxygens (including phenoxy) is 2. The minimum Gasteiger partial charge on any atom is -0.468 e. The first-order valence-electron chi connectivity index (χ1n) is 3.64. The third-order valence-electron chi connectivity index (χ3n) is 1.06. The minimum atomic E-state index is -0.220. The van der Waals surface area contributed by atoms with Crippen LogP contribution in [0.4, 0.5) is 0 Å². The summed E-state index contributed by atoms with van der Waals surface area (Å²) in [7, 11) is 1.37. The van der Waals surface area contributed by atoms with Crippen LogP contribution in [0.1, 0.15) is 0 Å². The fourth-order valence-corrected chi connectivity index (χ4v) is 1.16. The molecular formula is C7H14O4S. The summed E-state index contributed by atoms with van der Waals surface area (Å²) in [6, 6.07) is 0. The molecule has 0 heterocycles. The van der Waals surface area contributed by atoms with Gasteiger partial charge in [0.2, 0.25) is 0 Å². The van der Waals surface area contributed by atoms with Gasteiger partial charge in [-0.05, 0) is 0 Å². The molecule has 0 spiro atoms. The van der Waals surface area contributed by atoms with Crippen LogP contribution in [-0.4, -0.2) is 49.5 Å². The molecule has 0 saturated heterocycles. The maximum absolute atomic E-state index is 10.6. The Morgan fingerprint density at radius 1 is 1.50 bits per heavy atom. The predicted molar refractivity (Wildman–Crippen MR) is 47.2 cm³/mol. The van der Waals surface area contributed by atoms with Gasteiger partial charge >= 0.3 is 5.97 Å². The van der Waals surface area contributed by atoms with E-state index in [4.69, 9.17) is 9.84 Å². The second-order valence-electron chi connectivity index (χ2n) is 1.96. The van der Waals surface area contributed by atoms with Crippen LogP contribution in [-0.2, 0) is 14.3 Å². The monoisotopic (exact) mass is 194 g/mol. The first-order valence-corrected chi connectivity index (χ1v) is 4.80. The van der Waals surface area contributed by atoms with Crippen molar-refractivity contribution in [3.05, 3.63) is 0 Å². The number of aliphatic hydroxyl groups is 1. The summed E-state index contributed by atoms with van der Waals surface area (Å²) in [5, 5.41) is 8.34. The molecule has 0 radical (unpaired) electrons. The maximum Gasteiger partial charge on any atom is 0.315 e. The molecule has 4 nitrogen and oxygen atoms in total. The van der Waals surface area contributed by atoms with Crippen LogP contribution in [0.25, 0.3) is 0 Å². The topological polar surface area (TPSA) is 55.8 Å². The highest BCUT2D eigenvalue weighted by Gasteiger charge is 1.98. The molecule has 0 rings (SSSR count). The van der Waals surface area contributed by atoms with E-state index in [9.17, 15) is 4.79 Å². The van der Waals surface area contributed by atoms with Gasteiger partial charge in [0.15, 0.2) is 0 Å². The predicted octanol–water partition coefficient (Wildman–Crippen LogP) is -0.0985. The fourth-order valence-electron chi connectivity index (χ4n) is 0.499. The van der Waals surface area contributed by atoms with Crippen molar-refractivity contribution in [3.63, 3.8) is 0 Å². The molecular weight excluding hydrogens is 180 g/mol. The van der Waals surface area contributed by atoms with E-state index >= 15 is 0 Å². The van der Waals surface area contributed by atoms with Crippen LogP contribution < -0.4 is 0 Å². The molecule has 0 atom stereocenters. The zero-order valence-corrected chi connectivity index (χ0v) is 7.93. The highest BCUT2D eigenvalue weighted by atomic mass is 32.2. The molecule has 72 valence electrons. The molecule has 1 N–H and O–H groups in total. The van der Waals surface area contributed by atoms with E-state index in [1.54, 1.807) is 0 Å². The zero-order valence-electron chi connectivity index (χ0n) is 7.12. The molecule has 0 aromatic carbocycles. The fraction of sp³-hybridized carbons (Fsp3) is 0.857. The van der Waals surface area contributed by atoms with Crippen molar-refractivity contribution in [1.82, 2.24) is 0 Å². The van der Waals surface area contributed by atoms with Gasteiger partial charge in [0.25, 0.3) is 0 Å². The van der Waals surface area contributed by atoms with Crippen molar-refractivity contribution in [2.75, 3.05) is 38.4 Å². The molecule has 5 heteroatoms. The lowest BCUT2D eigenvalue weighted by Gasteiger charge is -2.01. The highest BCUT2D eigenvalue weighted by molar-refractivity contribution is 7.99. The van der Waals surface area contributed by atoms with Gasteiger partial charge in [0.1, 0.15) is 0 Å². The van der Waals surface area contributed by atoms with Crippen LogP contribution in [0.3, 0.4) is 0 Å². The molecule has 0 bridgehead atoms. The standard InChI is InChI=1S/C7H14O4S/c1-10-7(9)6-12-5-4-11-3-2-8/h8H,2-6H2,1H3. The molecule has 0 unspecified atom stereocenters. The van der Waals surface area contributed by atoms with E-state index in [2.05, 4.69) is 4.74 Å². The lowest BCUT2D eigenvalue weighted by Crippen LogP contribution is -2.07. The number of hydrogen-bond acceptors (Lipinski definition) is 5. The van der Waals surface area contributed by atoms with Crippen LogP contribution in [0, 0.1) is 0 Å². The van der Waals surface area contributed by atoms with Crippen LogP contribution >= 0.6 is 11.8 Å². The summed E-state index contributed by atoms with van der Waals surface area (Å²) in [4.78, 5) is 10.6. The Labute approximate surface area is 76.2 Å². The quantitative estimate of drug-likeness (QED) is 0.453. The Balaban J connectivity index is 2.95. The number of rotatable bonds is 7. The van der Waals surface area contributed by atoms with Crippen molar-refractivity contribution < 1.29 is 19.4 Å². The molecule has 0 amide bonds. The number of esters is 1. The molecule has 0 aromatic heterocycles. The molecule has 0 saturated carbocycles. The molecule has 0 aromatic rings. The lowest BCUT2D eigenvalue weighted by atomic mass is 10.7. The number of hydrogen-bond donors (Lipinski definition) is 1. The first kappa shape index (κ1) is 11.7. The number of methoxy groups -OCH3 is 1. The summed E-state index contributed by atoms with van der Waals surface area (Å²) >= 11 is 1.46. The van der Waals surface area contributed by atoms with Crippen molar-refractivity contribution in [3.8, 4) is 0 Å². The SMILES string of the molecule is COC(=O)CSCCOCCO. The van der Waals surface area contributed by atoms with E-state index < -0.39 is 0 Å². The van der Waals surface area contributed by atoms with Gasteiger partial charge in [-0.25, -0.2) is 0 Å². The molecule has 0 fully saturated rings. The Morgan fingerprint density at radius 3 is 2.83 bits per heavy atom. The van der Waals surface area contributed by atoms with E-state index in [0.29, 0.717) is 19.0 Å². The smallest absolute Gasteiger partial charge is 0.315 e. The number of aliphatic hydroxyl groups excluding tert-OH is 1. The van der Waals surface area contributed by atoms with E-state index in [1.807, 2.05) is 0 Å². The molecule has 0 aliphatic rings. The minimum absolute atomic E-state index is 0.0433. The van der Waals surface area contributed by atoms with Gasteiger partial charge in [-0.1, -0.05) is 0 Å². The number of carbonyl (C=O) groups excluding carboxylic acids is 1. The number of carbonyl (C=O) groups is 1. The molecule has 0 aliphatic heterocycles. The largest absolute Gasteiger partial charge is 0.468 e. The third kappa shape index (κ3) is 7.84. The lowest BCUT2D eigenvalue weighted by molar-refractivity contribution is -0.137. The van der Waals surface area contributed by atoms with Gasteiger partial charge in [-0.2, -0.15) is 0 Å². The highest BCUT2D eigenvalue weighted by Crippen LogP contribution is 1.99. The van der Waals surface area contributed by atoms with E-state index in [0.717, 1.165) is 5.75 Å². The summed E-state index contributed by atoms with van der Waals surface area (Å²) in [6.07, 6.45) is 0. The first-order chi connectivity index (χ1) is 5.81. The Bertz CT molecular complexity index is 118. The van der Waals surface area contributed by atoms with Crippen molar-refractivity contribution in [2.24, 2.45) is 0 Å². The van der Waals surface area contributed by atoms with Gasteiger partial charge in [-0.15, -0.1) is 11.8 Å². The zero-order chi connectivity index (χ0) is 9.23. The molecule has 0 aliphatic carbocycles. The Morgan fingerprint density at radius 2 is 2.25 bits per heavy atom. The van der Waals surface area contributed by atoms with Gasteiger partial charge in [0.05, 0.1) is 32.7 Å². The summed E-state index contributed by atoms with van der Waals surface area (Å²) in [6.45, 7) is 0.961. The second-order valence-corrected chi connectivity index (χ2v) is 3.07.